The minimum Gasteiger partial charge on any atom is -0.384 e. The normalized spacial score (nSPS) is 11.0. The number of rotatable bonds is 4. The van der Waals surface area contributed by atoms with Crippen molar-refractivity contribution in [1.82, 2.24) is 19.7 Å². The van der Waals surface area contributed by atoms with Crippen LogP contribution in [0.3, 0.4) is 0 Å². The molecule has 0 saturated carbocycles. The number of nitrogens with zero attached hydrogens (tertiary/aromatic N) is 4. The smallest absolute Gasteiger partial charge is 0.133 e. The van der Waals surface area contributed by atoms with Gasteiger partial charge in [0, 0.05) is 36.8 Å². The zero-order valence-corrected chi connectivity index (χ0v) is 11.8. The predicted molar refractivity (Wildman–Crippen MR) is 75.8 cm³/mol. The van der Waals surface area contributed by atoms with E-state index in [0.29, 0.717) is 18.3 Å². The van der Waals surface area contributed by atoms with Crippen molar-refractivity contribution in [2.45, 2.75) is 33.2 Å². The number of nitrogens with one attached hydrogen (secondary N) is 1. The molecule has 2 aromatic rings. The van der Waals surface area contributed by atoms with Gasteiger partial charge in [-0.25, -0.2) is 9.97 Å². The lowest BCUT2D eigenvalue weighted by Gasteiger charge is -2.10. The molecule has 2 heterocycles. The standard InChI is InChI=1S/C13H20N6/c1-8(2)13-17-9(3)5-11(18-13)15-6-10-7-16-19(4)12(10)14/h5,7-8H,6,14H2,1-4H3,(H,15,17,18). The Morgan fingerprint density at radius 2 is 2.11 bits per heavy atom. The lowest BCUT2D eigenvalue weighted by molar-refractivity contribution is 0.766. The van der Waals surface area contributed by atoms with E-state index in [0.717, 1.165) is 22.9 Å². The van der Waals surface area contributed by atoms with E-state index in [-0.39, 0.29) is 0 Å². The molecule has 0 amide bonds. The third-order valence-electron chi connectivity index (χ3n) is 2.91. The number of hydrogen-bond acceptors (Lipinski definition) is 5. The molecule has 2 aromatic heterocycles. The van der Waals surface area contributed by atoms with Crippen LogP contribution in [0, 0.1) is 6.92 Å². The van der Waals surface area contributed by atoms with Crippen molar-refractivity contribution in [2.75, 3.05) is 11.1 Å². The van der Waals surface area contributed by atoms with Crippen molar-refractivity contribution in [3.8, 4) is 0 Å². The van der Waals surface area contributed by atoms with Gasteiger partial charge in [0.15, 0.2) is 0 Å². The van der Waals surface area contributed by atoms with Gasteiger partial charge in [-0.3, -0.25) is 4.68 Å². The summed E-state index contributed by atoms with van der Waals surface area (Å²) < 4.78 is 1.65. The highest BCUT2D eigenvalue weighted by Gasteiger charge is 2.08. The van der Waals surface area contributed by atoms with E-state index in [9.17, 15) is 0 Å². The van der Waals surface area contributed by atoms with E-state index in [1.54, 1.807) is 10.9 Å². The average Bonchev–Trinajstić information content (AvgIpc) is 2.67. The molecule has 0 aliphatic carbocycles. The topological polar surface area (TPSA) is 81.7 Å². The van der Waals surface area contributed by atoms with Crippen LogP contribution >= 0.6 is 0 Å². The van der Waals surface area contributed by atoms with Crippen molar-refractivity contribution in [3.05, 3.63) is 29.3 Å². The van der Waals surface area contributed by atoms with Crippen LogP contribution < -0.4 is 11.1 Å². The first-order valence-corrected chi connectivity index (χ1v) is 6.33. The molecular formula is C13H20N6. The zero-order valence-electron chi connectivity index (χ0n) is 11.8. The van der Waals surface area contributed by atoms with Crippen molar-refractivity contribution in [3.63, 3.8) is 0 Å². The van der Waals surface area contributed by atoms with E-state index in [1.807, 2.05) is 20.0 Å². The van der Waals surface area contributed by atoms with Crippen molar-refractivity contribution in [1.29, 1.82) is 0 Å². The summed E-state index contributed by atoms with van der Waals surface area (Å²) in [4.78, 5) is 8.91. The third-order valence-corrected chi connectivity index (χ3v) is 2.91. The van der Waals surface area contributed by atoms with Crippen molar-refractivity contribution >= 4 is 11.6 Å². The summed E-state index contributed by atoms with van der Waals surface area (Å²) in [5, 5.41) is 7.38. The number of nitrogens with two attached hydrogens (primary N) is 1. The molecule has 2 rings (SSSR count). The maximum Gasteiger partial charge on any atom is 0.133 e. The molecule has 6 heteroatoms. The van der Waals surface area contributed by atoms with Gasteiger partial charge in [0.1, 0.15) is 17.5 Å². The Labute approximate surface area is 113 Å². The molecule has 102 valence electrons. The SMILES string of the molecule is Cc1cc(NCc2cnn(C)c2N)nc(C(C)C)n1. The van der Waals surface area contributed by atoms with E-state index in [1.165, 1.54) is 0 Å². The molecule has 0 saturated heterocycles. The van der Waals surface area contributed by atoms with Gasteiger partial charge in [-0.2, -0.15) is 5.10 Å². The zero-order chi connectivity index (χ0) is 14.0. The predicted octanol–water partition coefficient (Wildman–Crippen LogP) is 1.84. The molecule has 0 spiro atoms. The van der Waals surface area contributed by atoms with Gasteiger partial charge < -0.3 is 11.1 Å². The van der Waals surface area contributed by atoms with Gasteiger partial charge in [0.25, 0.3) is 0 Å². The summed E-state index contributed by atoms with van der Waals surface area (Å²) in [6, 6.07) is 1.93. The molecule has 0 radical (unpaired) electrons. The molecule has 3 N–H and O–H groups in total. The Kier molecular flexibility index (Phi) is 3.69. The first-order valence-electron chi connectivity index (χ1n) is 6.33. The highest BCUT2D eigenvalue weighted by molar-refractivity contribution is 5.43. The highest BCUT2D eigenvalue weighted by Crippen LogP contribution is 2.15. The Morgan fingerprint density at radius 1 is 1.37 bits per heavy atom. The van der Waals surface area contributed by atoms with Crippen LogP contribution in [0.4, 0.5) is 11.6 Å². The molecule has 0 atom stereocenters. The monoisotopic (exact) mass is 260 g/mol. The second-order valence-corrected chi connectivity index (χ2v) is 4.94. The number of aryl methyl sites for hydroxylation is 2. The summed E-state index contributed by atoms with van der Waals surface area (Å²) >= 11 is 0. The Hall–Kier alpha value is -2.11. The number of aromatic nitrogens is 4. The first-order chi connectivity index (χ1) is 8.97. The molecule has 0 aliphatic heterocycles. The van der Waals surface area contributed by atoms with Crippen LogP contribution in [0.5, 0.6) is 0 Å². The maximum absolute atomic E-state index is 5.90. The van der Waals surface area contributed by atoms with Crippen LogP contribution in [0.1, 0.15) is 36.8 Å². The van der Waals surface area contributed by atoms with Gasteiger partial charge in [-0.15, -0.1) is 0 Å². The average molecular weight is 260 g/mol. The minimum absolute atomic E-state index is 0.309. The number of nitrogen functional groups attached to an aromatic ring is 1. The molecule has 0 aliphatic rings. The molecule has 0 bridgehead atoms. The lowest BCUT2D eigenvalue weighted by atomic mass is 10.2. The fourth-order valence-electron chi connectivity index (χ4n) is 1.75. The van der Waals surface area contributed by atoms with Gasteiger partial charge >= 0.3 is 0 Å². The van der Waals surface area contributed by atoms with Gasteiger partial charge in [0.2, 0.25) is 0 Å². The number of hydrogen-bond donors (Lipinski definition) is 2. The van der Waals surface area contributed by atoms with Gasteiger partial charge in [0.05, 0.1) is 6.20 Å². The molecule has 19 heavy (non-hydrogen) atoms. The summed E-state index contributed by atoms with van der Waals surface area (Å²) in [6.07, 6.45) is 1.76. The van der Waals surface area contributed by atoms with Crippen LogP contribution in [0.15, 0.2) is 12.3 Å². The second kappa shape index (κ2) is 5.26. The lowest BCUT2D eigenvalue weighted by Crippen LogP contribution is -2.08. The van der Waals surface area contributed by atoms with Crippen molar-refractivity contribution in [2.24, 2.45) is 7.05 Å². The summed E-state index contributed by atoms with van der Waals surface area (Å²) in [6.45, 7) is 6.74. The van der Waals surface area contributed by atoms with Crippen LogP contribution in [0.25, 0.3) is 0 Å². The summed E-state index contributed by atoms with van der Waals surface area (Å²) in [5.74, 6) is 2.65. The second-order valence-electron chi connectivity index (χ2n) is 4.94. The fraction of sp³-hybridized carbons (Fsp3) is 0.462. The molecule has 0 fully saturated rings. The summed E-state index contributed by atoms with van der Waals surface area (Å²) in [5.41, 5.74) is 7.82. The molecular weight excluding hydrogens is 240 g/mol. The quantitative estimate of drug-likeness (QED) is 0.876. The largest absolute Gasteiger partial charge is 0.384 e. The Balaban J connectivity index is 2.13. The van der Waals surface area contributed by atoms with Crippen molar-refractivity contribution < 1.29 is 0 Å². The molecule has 6 nitrogen and oxygen atoms in total. The molecule has 0 unspecified atom stereocenters. The van der Waals surface area contributed by atoms with E-state index >= 15 is 0 Å². The maximum atomic E-state index is 5.90. The van der Waals surface area contributed by atoms with Crippen LogP contribution in [0.2, 0.25) is 0 Å². The Morgan fingerprint density at radius 3 is 2.68 bits per heavy atom. The highest BCUT2D eigenvalue weighted by atomic mass is 15.3. The van der Waals surface area contributed by atoms with Gasteiger partial charge in [-0.05, 0) is 6.92 Å². The fourth-order valence-corrected chi connectivity index (χ4v) is 1.75. The van der Waals surface area contributed by atoms with E-state index < -0.39 is 0 Å². The first kappa shape index (κ1) is 13.3. The summed E-state index contributed by atoms with van der Waals surface area (Å²) in [7, 11) is 1.82. The van der Waals surface area contributed by atoms with Crippen LogP contribution in [-0.4, -0.2) is 19.7 Å². The van der Waals surface area contributed by atoms with Crippen LogP contribution in [-0.2, 0) is 13.6 Å². The molecule has 0 aromatic carbocycles. The Bertz CT molecular complexity index is 573. The number of anilines is 2. The van der Waals surface area contributed by atoms with Gasteiger partial charge in [-0.1, -0.05) is 13.8 Å². The third kappa shape index (κ3) is 3.01. The minimum atomic E-state index is 0.309. The van der Waals surface area contributed by atoms with E-state index in [2.05, 4.69) is 34.2 Å². The van der Waals surface area contributed by atoms with E-state index in [4.69, 9.17) is 5.73 Å².